The molecule has 0 spiro atoms. The highest BCUT2D eigenvalue weighted by atomic mass is 16.5. The van der Waals surface area contributed by atoms with Gasteiger partial charge in [0.2, 0.25) is 0 Å². The first-order valence-corrected chi connectivity index (χ1v) is 12.7. The number of benzene rings is 1. The molecule has 0 unspecified atom stereocenters. The molecular weight excluding hydrogens is 364 g/mol. The SMILES string of the molecule is CC=CCOCc1ccc([C@H]2CC[C@H](CC[C@H]3CC[C@H](CC=CC)CC3)CC2)cc1. The molecule has 166 valence electrons. The molecule has 3 rings (SSSR count). The molecule has 0 bridgehead atoms. The number of hydrogen-bond donors (Lipinski definition) is 0. The van der Waals surface area contributed by atoms with Crippen molar-refractivity contribution >= 4 is 0 Å². The van der Waals surface area contributed by atoms with Crippen LogP contribution in [0.2, 0.25) is 0 Å². The molecule has 0 amide bonds. The summed E-state index contributed by atoms with van der Waals surface area (Å²) in [6, 6.07) is 9.24. The molecule has 30 heavy (non-hydrogen) atoms. The van der Waals surface area contributed by atoms with Gasteiger partial charge in [-0.15, -0.1) is 0 Å². The Hall–Kier alpha value is -1.34. The fourth-order valence-corrected chi connectivity index (χ4v) is 5.57. The van der Waals surface area contributed by atoms with E-state index in [0.717, 1.165) is 23.7 Å². The van der Waals surface area contributed by atoms with Crippen LogP contribution in [0, 0.1) is 17.8 Å². The van der Waals surface area contributed by atoms with E-state index in [2.05, 4.69) is 49.4 Å². The molecular formula is C29H44O. The first-order valence-electron chi connectivity index (χ1n) is 12.7. The second kappa shape index (κ2) is 13.2. The van der Waals surface area contributed by atoms with Crippen LogP contribution < -0.4 is 0 Å². The van der Waals surface area contributed by atoms with E-state index >= 15 is 0 Å². The fourth-order valence-electron chi connectivity index (χ4n) is 5.57. The van der Waals surface area contributed by atoms with Gasteiger partial charge in [-0.3, -0.25) is 0 Å². The van der Waals surface area contributed by atoms with Crippen LogP contribution in [0.3, 0.4) is 0 Å². The average Bonchev–Trinajstić information content (AvgIpc) is 2.81. The average molecular weight is 409 g/mol. The second-order valence-corrected chi connectivity index (χ2v) is 9.81. The van der Waals surface area contributed by atoms with E-state index in [9.17, 15) is 0 Å². The lowest BCUT2D eigenvalue weighted by Gasteiger charge is -2.32. The lowest BCUT2D eigenvalue weighted by Crippen LogP contribution is -2.17. The lowest BCUT2D eigenvalue weighted by molar-refractivity contribution is 0.148. The Balaban J connectivity index is 1.32. The zero-order valence-corrected chi connectivity index (χ0v) is 19.5. The quantitative estimate of drug-likeness (QED) is 0.278. The Morgan fingerprint density at radius 2 is 1.30 bits per heavy atom. The predicted molar refractivity (Wildman–Crippen MR) is 130 cm³/mol. The molecule has 0 aliphatic heterocycles. The van der Waals surface area contributed by atoms with Crippen molar-refractivity contribution in [1.82, 2.24) is 0 Å². The molecule has 2 saturated carbocycles. The van der Waals surface area contributed by atoms with Crippen LogP contribution in [0.4, 0.5) is 0 Å². The van der Waals surface area contributed by atoms with E-state index in [-0.39, 0.29) is 0 Å². The molecule has 1 aromatic rings. The van der Waals surface area contributed by atoms with Gasteiger partial charge in [-0.2, -0.15) is 0 Å². The Bertz CT molecular complexity index is 625. The first kappa shape index (κ1) is 23.3. The molecule has 0 heterocycles. The van der Waals surface area contributed by atoms with Gasteiger partial charge < -0.3 is 4.74 Å². The van der Waals surface area contributed by atoms with Crippen molar-refractivity contribution in [1.29, 1.82) is 0 Å². The molecule has 1 heteroatoms. The number of ether oxygens (including phenoxy) is 1. The summed E-state index contributed by atoms with van der Waals surface area (Å²) in [5, 5.41) is 0. The predicted octanol–water partition coefficient (Wildman–Crippen LogP) is 8.61. The maximum absolute atomic E-state index is 5.67. The molecule has 0 N–H and O–H groups in total. The molecule has 1 nitrogen and oxygen atoms in total. The highest BCUT2D eigenvalue weighted by molar-refractivity contribution is 5.25. The molecule has 0 atom stereocenters. The molecule has 2 aliphatic carbocycles. The number of rotatable bonds is 10. The highest BCUT2D eigenvalue weighted by Gasteiger charge is 2.25. The third-order valence-electron chi connectivity index (χ3n) is 7.67. The van der Waals surface area contributed by atoms with Crippen LogP contribution in [0.15, 0.2) is 48.6 Å². The van der Waals surface area contributed by atoms with Gasteiger partial charge in [0, 0.05) is 0 Å². The van der Waals surface area contributed by atoms with Crippen molar-refractivity contribution in [2.75, 3.05) is 6.61 Å². The van der Waals surface area contributed by atoms with Crippen LogP contribution in [0.1, 0.15) is 102 Å². The monoisotopic (exact) mass is 408 g/mol. The Morgan fingerprint density at radius 3 is 1.90 bits per heavy atom. The zero-order valence-electron chi connectivity index (χ0n) is 19.5. The van der Waals surface area contributed by atoms with Gasteiger partial charge in [0.05, 0.1) is 13.2 Å². The van der Waals surface area contributed by atoms with Crippen LogP contribution >= 0.6 is 0 Å². The maximum Gasteiger partial charge on any atom is 0.0721 e. The lowest BCUT2D eigenvalue weighted by atomic mass is 9.74. The summed E-state index contributed by atoms with van der Waals surface area (Å²) in [5.41, 5.74) is 2.84. The minimum absolute atomic E-state index is 0.708. The van der Waals surface area contributed by atoms with Gasteiger partial charge >= 0.3 is 0 Å². The molecule has 0 aromatic heterocycles. The van der Waals surface area contributed by atoms with Gasteiger partial charge in [0.15, 0.2) is 0 Å². The topological polar surface area (TPSA) is 9.23 Å². The minimum atomic E-state index is 0.708. The minimum Gasteiger partial charge on any atom is -0.373 e. The van der Waals surface area contributed by atoms with Crippen molar-refractivity contribution in [3.05, 3.63) is 59.7 Å². The van der Waals surface area contributed by atoms with E-state index in [0.29, 0.717) is 13.2 Å². The first-order chi connectivity index (χ1) is 14.8. The summed E-state index contributed by atoms with van der Waals surface area (Å²) in [7, 11) is 0. The van der Waals surface area contributed by atoms with E-state index in [1.54, 1.807) is 5.56 Å². The van der Waals surface area contributed by atoms with Crippen molar-refractivity contribution in [3.8, 4) is 0 Å². The molecule has 2 aliphatic rings. The summed E-state index contributed by atoms with van der Waals surface area (Å²) in [6.45, 7) is 5.61. The largest absolute Gasteiger partial charge is 0.373 e. The summed E-state index contributed by atoms with van der Waals surface area (Å²) in [4.78, 5) is 0. The number of allylic oxidation sites excluding steroid dienone is 3. The normalized spacial score (nSPS) is 27.8. The third kappa shape index (κ3) is 7.73. The van der Waals surface area contributed by atoms with Gasteiger partial charge in [0.25, 0.3) is 0 Å². The highest BCUT2D eigenvalue weighted by Crippen LogP contribution is 2.40. The van der Waals surface area contributed by atoms with Crippen LogP contribution in [0.25, 0.3) is 0 Å². The summed E-state index contributed by atoms with van der Waals surface area (Å²) >= 11 is 0. The second-order valence-electron chi connectivity index (χ2n) is 9.81. The summed E-state index contributed by atoms with van der Waals surface area (Å²) < 4.78 is 5.67. The summed E-state index contributed by atoms with van der Waals surface area (Å²) in [6.07, 6.45) is 24.6. The van der Waals surface area contributed by atoms with Crippen molar-refractivity contribution < 1.29 is 4.74 Å². The van der Waals surface area contributed by atoms with Gasteiger partial charge in [-0.1, -0.05) is 74.3 Å². The molecule has 0 saturated heterocycles. The summed E-state index contributed by atoms with van der Waals surface area (Å²) in [5.74, 6) is 3.76. The van der Waals surface area contributed by atoms with Gasteiger partial charge in [-0.05, 0) is 93.6 Å². The molecule has 0 radical (unpaired) electrons. The third-order valence-corrected chi connectivity index (χ3v) is 7.67. The van der Waals surface area contributed by atoms with E-state index in [1.807, 2.05) is 13.0 Å². The number of hydrogen-bond acceptors (Lipinski definition) is 1. The van der Waals surface area contributed by atoms with Crippen LogP contribution in [0.5, 0.6) is 0 Å². The zero-order chi connectivity index (χ0) is 21.0. The molecule has 1 aromatic carbocycles. The van der Waals surface area contributed by atoms with E-state index < -0.39 is 0 Å². The van der Waals surface area contributed by atoms with Gasteiger partial charge in [-0.25, -0.2) is 0 Å². The van der Waals surface area contributed by atoms with Gasteiger partial charge in [0.1, 0.15) is 0 Å². The van der Waals surface area contributed by atoms with E-state index in [1.165, 1.54) is 76.2 Å². The Kier molecular flexibility index (Phi) is 10.2. The van der Waals surface area contributed by atoms with Crippen molar-refractivity contribution in [2.24, 2.45) is 17.8 Å². The maximum atomic E-state index is 5.67. The van der Waals surface area contributed by atoms with Crippen LogP contribution in [-0.2, 0) is 11.3 Å². The van der Waals surface area contributed by atoms with Crippen molar-refractivity contribution in [2.45, 2.75) is 97.0 Å². The molecule has 2 fully saturated rings. The standard InChI is InChI=1S/C29H44O/c1-3-5-7-24-8-10-25(11-9-24)12-13-26-14-18-28(19-15-26)29-20-16-27(17-21-29)23-30-22-6-4-2/h3-6,16-17,20-21,24-26,28H,7-15,18-19,22-23H2,1-2H3/t24-,25-,26-,28-. The van der Waals surface area contributed by atoms with E-state index in [4.69, 9.17) is 4.74 Å². The Morgan fingerprint density at radius 1 is 0.733 bits per heavy atom. The van der Waals surface area contributed by atoms with Crippen LogP contribution in [-0.4, -0.2) is 6.61 Å². The Labute approximate surface area is 186 Å². The fraction of sp³-hybridized carbons (Fsp3) is 0.655. The van der Waals surface area contributed by atoms with Crippen molar-refractivity contribution in [3.63, 3.8) is 0 Å². The smallest absolute Gasteiger partial charge is 0.0721 e.